The summed E-state index contributed by atoms with van der Waals surface area (Å²) in [5.41, 5.74) is 5.16. The zero-order chi connectivity index (χ0) is 13.5. The molecule has 0 aliphatic heterocycles. The van der Waals surface area contributed by atoms with Crippen molar-refractivity contribution >= 4 is 0 Å². The van der Waals surface area contributed by atoms with Crippen molar-refractivity contribution in [2.24, 2.45) is 5.92 Å². The van der Waals surface area contributed by atoms with E-state index in [4.69, 9.17) is 9.97 Å². The summed E-state index contributed by atoms with van der Waals surface area (Å²) in [5.74, 6) is 2.43. The lowest BCUT2D eigenvalue weighted by Gasteiger charge is -2.33. The van der Waals surface area contributed by atoms with Gasteiger partial charge in [-0.05, 0) is 38.0 Å². The minimum absolute atomic E-state index is 0.586. The van der Waals surface area contributed by atoms with Crippen LogP contribution in [0.3, 0.4) is 0 Å². The minimum Gasteiger partial charge on any atom is -0.237 e. The Morgan fingerprint density at radius 1 is 1.00 bits per heavy atom. The van der Waals surface area contributed by atoms with Crippen molar-refractivity contribution in [1.82, 2.24) is 9.97 Å². The summed E-state index contributed by atoms with van der Waals surface area (Å²) in [6, 6.07) is 10.6. The van der Waals surface area contributed by atoms with Crippen molar-refractivity contribution in [2.45, 2.75) is 44.9 Å². The first-order chi connectivity index (χ1) is 9.83. The molecule has 1 heterocycles. The van der Waals surface area contributed by atoms with Gasteiger partial charge >= 0.3 is 0 Å². The van der Waals surface area contributed by atoms with Gasteiger partial charge in [0.1, 0.15) is 5.82 Å². The van der Waals surface area contributed by atoms with E-state index < -0.39 is 0 Å². The highest BCUT2D eigenvalue weighted by Crippen LogP contribution is 2.42. The molecule has 2 heteroatoms. The first-order valence-corrected chi connectivity index (χ1v) is 7.78. The van der Waals surface area contributed by atoms with Crippen molar-refractivity contribution in [3.8, 4) is 11.3 Å². The molecule has 0 spiro atoms. The molecule has 2 unspecified atom stereocenters. The Hall–Kier alpha value is -1.70. The van der Waals surface area contributed by atoms with Gasteiger partial charge in [-0.15, -0.1) is 0 Å². The quantitative estimate of drug-likeness (QED) is 0.814. The number of aromatic nitrogens is 2. The van der Waals surface area contributed by atoms with Gasteiger partial charge in [0.15, 0.2) is 0 Å². The fourth-order valence-corrected chi connectivity index (χ4v) is 3.50. The van der Waals surface area contributed by atoms with Crippen molar-refractivity contribution in [3.05, 3.63) is 47.4 Å². The van der Waals surface area contributed by atoms with Gasteiger partial charge in [0.05, 0.1) is 5.69 Å². The molecule has 1 saturated carbocycles. The molecule has 4 rings (SSSR count). The van der Waals surface area contributed by atoms with Crippen molar-refractivity contribution in [1.29, 1.82) is 0 Å². The molecular formula is C18H20N2. The molecule has 1 fully saturated rings. The number of hydrogen-bond acceptors (Lipinski definition) is 2. The van der Waals surface area contributed by atoms with E-state index in [0.29, 0.717) is 5.92 Å². The Balaban J connectivity index is 1.85. The van der Waals surface area contributed by atoms with Crippen LogP contribution in [0.5, 0.6) is 0 Å². The van der Waals surface area contributed by atoms with E-state index in [1.54, 1.807) is 0 Å². The van der Waals surface area contributed by atoms with E-state index in [0.717, 1.165) is 24.6 Å². The van der Waals surface area contributed by atoms with E-state index in [9.17, 15) is 0 Å². The monoisotopic (exact) mass is 264 g/mol. The predicted molar refractivity (Wildman–Crippen MR) is 80.6 cm³/mol. The number of hydrogen-bond donors (Lipinski definition) is 0. The first-order valence-electron chi connectivity index (χ1n) is 7.78. The largest absolute Gasteiger partial charge is 0.237 e. The summed E-state index contributed by atoms with van der Waals surface area (Å²) < 4.78 is 0. The maximum Gasteiger partial charge on any atom is 0.132 e. The van der Waals surface area contributed by atoms with Crippen LogP contribution in [0.1, 0.15) is 49.2 Å². The lowest BCUT2D eigenvalue weighted by Crippen LogP contribution is -2.23. The van der Waals surface area contributed by atoms with Gasteiger partial charge in [0, 0.05) is 22.7 Å². The SMILES string of the molecule is CC1CCC1c1nc2c(c(-c3ccccc3)n1)CCC2. The van der Waals surface area contributed by atoms with E-state index in [2.05, 4.69) is 37.3 Å². The lowest BCUT2D eigenvalue weighted by molar-refractivity contribution is 0.268. The average molecular weight is 264 g/mol. The molecule has 102 valence electrons. The zero-order valence-electron chi connectivity index (χ0n) is 12.0. The summed E-state index contributed by atoms with van der Waals surface area (Å²) in [4.78, 5) is 9.88. The third kappa shape index (κ3) is 1.86. The molecule has 0 N–H and O–H groups in total. The molecule has 2 aliphatic rings. The fourth-order valence-electron chi connectivity index (χ4n) is 3.50. The maximum atomic E-state index is 4.98. The van der Waals surface area contributed by atoms with E-state index in [1.807, 2.05) is 0 Å². The Morgan fingerprint density at radius 3 is 2.55 bits per heavy atom. The summed E-state index contributed by atoms with van der Waals surface area (Å²) >= 11 is 0. The van der Waals surface area contributed by atoms with Crippen LogP contribution >= 0.6 is 0 Å². The molecule has 20 heavy (non-hydrogen) atoms. The number of aryl methyl sites for hydroxylation is 1. The molecule has 1 aromatic carbocycles. The number of benzene rings is 1. The van der Waals surface area contributed by atoms with Crippen molar-refractivity contribution in [2.75, 3.05) is 0 Å². The Bertz CT molecular complexity index is 633. The minimum atomic E-state index is 0.586. The first kappa shape index (κ1) is 12.1. The maximum absolute atomic E-state index is 4.98. The van der Waals surface area contributed by atoms with Gasteiger partial charge in [-0.3, -0.25) is 0 Å². The van der Waals surface area contributed by atoms with Gasteiger partial charge in [0.2, 0.25) is 0 Å². The molecule has 0 amide bonds. The normalized spacial score (nSPS) is 24.2. The third-order valence-electron chi connectivity index (χ3n) is 4.95. The van der Waals surface area contributed by atoms with Crippen LogP contribution in [0.15, 0.2) is 30.3 Å². The molecular weight excluding hydrogens is 244 g/mol. The van der Waals surface area contributed by atoms with Gasteiger partial charge in [-0.1, -0.05) is 37.3 Å². The van der Waals surface area contributed by atoms with Crippen LogP contribution in [0.2, 0.25) is 0 Å². The molecule has 2 nitrogen and oxygen atoms in total. The predicted octanol–water partition coefficient (Wildman–Crippen LogP) is 4.15. The zero-order valence-corrected chi connectivity index (χ0v) is 12.0. The van der Waals surface area contributed by atoms with Crippen LogP contribution < -0.4 is 0 Å². The summed E-state index contributed by atoms with van der Waals surface area (Å²) in [5, 5.41) is 0. The van der Waals surface area contributed by atoms with Gasteiger partial charge < -0.3 is 0 Å². The van der Waals surface area contributed by atoms with Crippen molar-refractivity contribution in [3.63, 3.8) is 0 Å². The van der Waals surface area contributed by atoms with Gasteiger partial charge in [0.25, 0.3) is 0 Å². The van der Waals surface area contributed by atoms with Crippen LogP contribution in [0, 0.1) is 5.92 Å². The van der Waals surface area contributed by atoms with Crippen molar-refractivity contribution < 1.29 is 0 Å². The van der Waals surface area contributed by atoms with E-state index in [1.165, 1.54) is 41.8 Å². The second kappa shape index (κ2) is 4.69. The molecule has 2 aromatic rings. The number of nitrogens with zero attached hydrogens (tertiary/aromatic N) is 2. The molecule has 1 aromatic heterocycles. The smallest absolute Gasteiger partial charge is 0.132 e. The number of rotatable bonds is 2. The van der Waals surface area contributed by atoms with Crippen LogP contribution in [-0.4, -0.2) is 9.97 Å². The second-order valence-electron chi connectivity index (χ2n) is 6.24. The topological polar surface area (TPSA) is 25.8 Å². The Morgan fingerprint density at radius 2 is 1.85 bits per heavy atom. The highest BCUT2D eigenvalue weighted by atomic mass is 14.9. The van der Waals surface area contributed by atoms with Crippen LogP contribution in [0.25, 0.3) is 11.3 Å². The molecule has 0 saturated heterocycles. The van der Waals surface area contributed by atoms with E-state index in [-0.39, 0.29) is 0 Å². The Labute approximate surface area is 120 Å². The highest BCUT2D eigenvalue weighted by Gasteiger charge is 2.32. The molecule has 0 bridgehead atoms. The van der Waals surface area contributed by atoms with Crippen LogP contribution in [-0.2, 0) is 12.8 Å². The fraction of sp³-hybridized carbons (Fsp3) is 0.444. The molecule has 2 aliphatic carbocycles. The highest BCUT2D eigenvalue weighted by molar-refractivity contribution is 5.64. The third-order valence-corrected chi connectivity index (χ3v) is 4.95. The van der Waals surface area contributed by atoms with Crippen LogP contribution in [0.4, 0.5) is 0 Å². The van der Waals surface area contributed by atoms with Gasteiger partial charge in [-0.2, -0.15) is 0 Å². The molecule has 2 atom stereocenters. The summed E-state index contributed by atoms with van der Waals surface area (Å²) in [6.45, 7) is 2.33. The average Bonchev–Trinajstić information content (AvgIpc) is 2.94. The standard InChI is InChI=1S/C18H20N2/c1-12-10-11-14(12)18-19-16-9-5-8-15(16)17(20-18)13-6-3-2-4-7-13/h2-4,6-7,12,14H,5,8-11H2,1H3. The lowest BCUT2D eigenvalue weighted by atomic mass is 9.74. The molecule has 0 radical (unpaired) electrons. The van der Waals surface area contributed by atoms with Gasteiger partial charge in [-0.25, -0.2) is 9.97 Å². The Kier molecular flexibility index (Phi) is 2.83. The summed E-state index contributed by atoms with van der Waals surface area (Å²) in [6.07, 6.45) is 6.08. The summed E-state index contributed by atoms with van der Waals surface area (Å²) in [7, 11) is 0. The number of fused-ring (bicyclic) bond motifs is 1. The van der Waals surface area contributed by atoms with E-state index >= 15 is 0 Å². The second-order valence-corrected chi connectivity index (χ2v) is 6.24.